The molecule has 2 fully saturated rings. The van der Waals surface area contributed by atoms with Crippen LogP contribution in [-0.2, 0) is 0 Å². The maximum Gasteiger partial charge on any atom is 0.00992 e. The lowest BCUT2D eigenvalue weighted by Gasteiger charge is -2.29. The lowest BCUT2D eigenvalue weighted by molar-refractivity contribution is 0.186. The Bertz CT molecular complexity index is 197. The van der Waals surface area contributed by atoms with Crippen LogP contribution in [0, 0.1) is 0 Å². The molecular weight excluding hydrogens is 196 g/mol. The summed E-state index contributed by atoms with van der Waals surface area (Å²) < 4.78 is 0. The molecule has 1 atom stereocenters. The molecule has 2 saturated carbocycles. The summed E-state index contributed by atoms with van der Waals surface area (Å²) in [4.78, 5) is 2.76. The molecule has 1 N–H and O–H groups in total. The Morgan fingerprint density at radius 3 is 2.56 bits per heavy atom. The molecule has 94 valence electrons. The second kappa shape index (κ2) is 6.02. The average molecular weight is 224 g/mol. The lowest BCUT2D eigenvalue weighted by Crippen LogP contribution is -2.38. The second-order valence-corrected chi connectivity index (χ2v) is 5.69. The van der Waals surface area contributed by atoms with Gasteiger partial charge in [-0.1, -0.05) is 13.3 Å². The Hall–Kier alpha value is -0.0800. The number of nitrogens with one attached hydrogen (secondary N) is 1. The summed E-state index contributed by atoms with van der Waals surface area (Å²) in [7, 11) is 0. The Morgan fingerprint density at radius 2 is 2.00 bits per heavy atom. The van der Waals surface area contributed by atoms with Gasteiger partial charge in [0.15, 0.2) is 0 Å². The molecule has 2 rings (SSSR count). The maximum atomic E-state index is 3.63. The molecule has 0 amide bonds. The normalized spacial score (nSPS) is 22.7. The third-order valence-electron chi connectivity index (χ3n) is 3.92. The van der Waals surface area contributed by atoms with Gasteiger partial charge < -0.3 is 5.32 Å². The maximum absolute atomic E-state index is 3.63. The fourth-order valence-corrected chi connectivity index (χ4v) is 2.46. The fourth-order valence-electron chi connectivity index (χ4n) is 2.46. The molecule has 0 bridgehead atoms. The second-order valence-electron chi connectivity index (χ2n) is 5.69. The first kappa shape index (κ1) is 12.4. The molecule has 0 aromatic carbocycles. The van der Waals surface area contributed by atoms with E-state index in [9.17, 15) is 0 Å². The van der Waals surface area contributed by atoms with Gasteiger partial charge in [-0.05, 0) is 58.5 Å². The van der Waals surface area contributed by atoms with E-state index >= 15 is 0 Å². The van der Waals surface area contributed by atoms with Crippen LogP contribution in [0.2, 0.25) is 0 Å². The molecule has 0 aromatic rings. The molecule has 1 unspecified atom stereocenters. The predicted octanol–water partition coefficient (Wildman–Crippen LogP) is 2.78. The Morgan fingerprint density at radius 1 is 1.25 bits per heavy atom. The van der Waals surface area contributed by atoms with Gasteiger partial charge in [0, 0.05) is 18.1 Å². The highest BCUT2D eigenvalue weighted by molar-refractivity contribution is 4.88. The minimum Gasteiger partial charge on any atom is -0.314 e. The quantitative estimate of drug-likeness (QED) is 0.648. The third kappa shape index (κ3) is 4.06. The van der Waals surface area contributed by atoms with Crippen LogP contribution >= 0.6 is 0 Å². The zero-order valence-electron chi connectivity index (χ0n) is 11.0. The van der Waals surface area contributed by atoms with Crippen molar-refractivity contribution in [1.82, 2.24) is 10.2 Å². The van der Waals surface area contributed by atoms with Crippen molar-refractivity contribution in [3.63, 3.8) is 0 Å². The van der Waals surface area contributed by atoms with Crippen molar-refractivity contribution >= 4 is 0 Å². The van der Waals surface area contributed by atoms with Gasteiger partial charge in [-0.2, -0.15) is 0 Å². The van der Waals surface area contributed by atoms with Crippen molar-refractivity contribution in [2.45, 2.75) is 76.9 Å². The molecule has 0 heterocycles. The monoisotopic (exact) mass is 224 g/mol. The molecular formula is C14H28N2. The summed E-state index contributed by atoms with van der Waals surface area (Å²) in [5.74, 6) is 0. The van der Waals surface area contributed by atoms with Crippen LogP contribution in [0.1, 0.15) is 58.8 Å². The van der Waals surface area contributed by atoms with Crippen LogP contribution in [0.25, 0.3) is 0 Å². The Balaban J connectivity index is 1.63. The molecule has 2 heteroatoms. The van der Waals surface area contributed by atoms with Gasteiger partial charge in [0.2, 0.25) is 0 Å². The number of unbranched alkanes of at least 4 members (excludes halogenated alkanes) is 1. The minimum atomic E-state index is 0.783. The van der Waals surface area contributed by atoms with Crippen molar-refractivity contribution in [3.8, 4) is 0 Å². The summed E-state index contributed by atoms with van der Waals surface area (Å²) >= 11 is 0. The minimum absolute atomic E-state index is 0.783. The fraction of sp³-hybridized carbons (Fsp3) is 1.00. The first-order valence-electron chi connectivity index (χ1n) is 7.30. The molecule has 2 aliphatic carbocycles. The first-order valence-corrected chi connectivity index (χ1v) is 7.30. The van der Waals surface area contributed by atoms with Crippen molar-refractivity contribution < 1.29 is 0 Å². The Kier molecular flexibility index (Phi) is 4.66. The van der Waals surface area contributed by atoms with E-state index < -0.39 is 0 Å². The zero-order valence-corrected chi connectivity index (χ0v) is 11.0. The van der Waals surface area contributed by atoms with E-state index in [4.69, 9.17) is 0 Å². The van der Waals surface area contributed by atoms with Gasteiger partial charge >= 0.3 is 0 Å². The summed E-state index contributed by atoms with van der Waals surface area (Å²) in [6.07, 6.45) is 9.76. The van der Waals surface area contributed by atoms with E-state index in [1.807, 2.05) is 0 Å². The van der Waals surface area contributed by atoms with E-state index in [2.05, 4.69) is 24.1 Å². The van der Waals surface area contributed by atoms with Crippen LogP contribution in [-0.4, -0.2) is 36.1 Å². The number of hydrogen-bond acceptors (Lipinski definition) is 2. The van der Waals surface area contributed by atoms with Crippen molar-refractivity contribution in [3.05, 3.63) is 0 Å². The van der Waals surface area contributed by atoms with E-state index in [0.29, 0.717) is 0 Å². The molecule has 0 saturated heterocycles. The van der Waals surface area contributed by atoms with Crippen molar-refractivity contribution in [2.75, 3.05) is 13.1 Å². The lowest BCUT2D eigenvalue weighted by atomic mass is 10.1. The van der Waals surface area contributed by atoms with E-state index in [-0.39, 0.29) is 0 Å². The van der Waals surface area contributed by atoms with Crippen LogP contribution in [0.5, 0.6) is 0 Å². The molecule has 2 aliphatic rings. The molecule has 2 nitrogen and oxygen atoms in total. The highest BCUT2D eigenvalue weighted by Gasteiger charge is 2.31. The molecule has 16 heavy (non-hydrogen) atoms. The molecule has 0 aliphatic heterocycles. The molecule has 0 aromatic heterocycles. The smallest absolute Gasteiger partial charge is 0.00992 e. The number of rotatable bonds is 9. The molecule has 0 spiro atoms. The molecule has 0 radical (unpaired) electrons. The standard InChI is InChI=1S/C14H28N2/c1-3-4-11-16(14-7-8-14)12(2)9-10-15-13-5-6-13/h12-15H,3-11H2,1-2H3. The predicted molar refractivity (Wildman–Crippen MR) is 69.7 cm³/mol. The van der Waals surface area contributed by atoms with Crippen LogP contribution in [0.15, 0.2) is 0 Å². The largest absolute Gasteiger partial charge is 0.314 e. The number of hydrogen-bond donors (Lipinski definition) is 1. The van der Waals surface area contributed by atoms with Gasteiger partial charge in [0.05, 0.1) is 0 Å². The van der Waals surface area contributed by atoms with Gasteiger partial charge in [0.25, 0.3) is 0 Å². The van der Waals surface area contributed by atoms with Gasteiger partial charge in [-0.3, -0.25) is 4.90 Å². The number of nitrogens with zero attached hydrogens (tertiary/aromatic N) is 1. The van der Waals surface area contributed by atoms with E-state index in [1.165, 1.54) is 58.0 Å². The average Bonchev–Trinajstić information content (AvgIpc) is 3.13. The first-order chi connectivity index (χ1) is 7.81. The summed E-state index contributed by atoms with van der Waals surface area (Å²) in [5, 5.41) is 3.63. The van der Waals surface area contributed by atoms with Crippen LogP contribution in [0.3, 0.4) is 0 Å². The summed E-state index contributed by atoms with van der Waals surface area (Å²) in [5.41, 5.74) is 0. The van der Waals surface area contributed by atoms with E-state index in [0.717, 1.165) is 18.1 Å². The highest BCUT2D eigenvalue weighted by Crippen LogP contribution is 2.29. The van der Waals surface area contributed by atoms with Gasteiger partial charge in [-0.15, -0.1) is 0 Å². The summed E-state index contributed by atoms with van der Waals surface area (Å²) in [6.45, 7) is 7.26. The third-order valence-corrected chi connectivity index (χ3v) is 3.92. The SMILES string of the molecule is CCCCN(C(C)CCNC1CC1)C1CC1. The Labute approximate surface area is 101 Å². The summed E-state index contributed by atoms with van der Waals surface area (Å²) in [6, 6.07) is 2.59. The topological polar surface area (TPSA) is 15.3 Å². The van der Waals surface area contributed by atoms with Crippen molar-refractivity contribution in [1.29, 1.82) is 0 Å². The van der Waals surface area contributed by atoms with Crippen molar-refractivity contribution in [2.24, 2.45) is 0 Å². The van der Waals surface area contributed by atoms with Gasteiger partial charge in [-0.25, -0.2) is 0 Å². The van der Waals surface area contributed by atoms with Crippen LogP contribution in [0.4, 0.5) is 0 Å². The zero-order chi connectivity index (χ0) is 11.4. The van der Waals surface area contributed by atoms with Crippen LogP contribution < -0.4 is 5.32 Å². The highest BCUT2D eigenvalue weighted by atomic mass is 15.2. The van der Waals surface area contributed by atoms with E-state index in [1.54, 1.807) is 0 Å². The van der Waals surface area contributed by atoms with Gasteiger partial charge in [0.1, 0.15) is 0 Å².